The van der Waals surface area contributed by atoms with Gasteiger partial charge in [-0.1, -0.05) is 36.4 Å². The number of rotatable bonds is 7. The average molecular weight is 457 g/mol. The van der Waals surface area contributed by atoms with Gasteiger partial charge in [0.05, 0.1) is 12.0 Å². The van der Waals surface area contributed by atoms with E-state index in [1.807, 2.05) is 32.3 Å². The molecule has 0 aliphatic heterocycles. The summed E-state index contributed by atoms with van der Waals surface area (Å²) in [6, 6.07) is 17.1. The fourth-order valence-electron chi connectivity index (χ4n) is 4.77. The molecule has 5 rings (SSSR count). The first kappa shape index (κ1) is 22.3. The molecule has 1 aliphatic rings. The van der Waals surface area contributed by atoms with E-state index in [0.29, 0.717) is 24.5 Å². The van der Waals surface area contributed by atoms with Gasteiger partial charge in [0.15, 0.2) is 5.65 Å². The Labute approximate surface area is 200 Å². The predicted octanol–water partition coefficient (Wildman–Crippen LogP) is 5.12. The number of fused-ring (bicyclic) bond motifs is 1. The van der Waals surface area contributed by atoms with Crippen LogP contribution in [0.5, 0.6) is 5.75 Å². The molecule has 0 unspecified atom stereocenters. The lowest BCUT2D eigenvalue weighted by atomic mass is 9.86. The summed E-state index contributed by atoms with van der Waals surface area (Å²) in [6.45, 7) is 3.52. The van der Waals surface area contributed by atoms with E-state index in [1.165, 1.54) is 0 Å². The Hall–Kier alpha value is -3.45. The van der Waals surface area contributed by atoms with E-state index < -0.39 is 0 Å². The van der Waals surface area contributed by atoms with E-state index in [4.69, 9.17) is 20.6 Å². The first-order valence-electron chi connectivity index (χ1n) is 12.1. The smallest absolute Gasteiger partial charge is 0.224 e. The summed E-state index contributed by atoms with van der Waals surface area (Å²) in [5.41, 5.74) is 11.3. The van der Waals surface area contributed by atoms with Gasteiger partial charge in [0.1, 0.15) is 11.4 Å². The van der Waals surface area contributed by atoms with Gasteiger partial charge in [-0.25, -0.2) is 9.67 Å². The van der Waals surface area contributed by atoms with Crippen LogP contribution < -0.4 is 15.8 Å². The van der Waals surface area contributed by atoms with Crippen LogP contribution in [0, 0.1) is 5.92 Å². The van der Waals surface area contributed by atoms with Gasteiger partial charge in [-0.05, 0) is 61.8 Å². The molecule has 176 valence electrons. The minimum Gasteiger partial charge on any atom is -0.494 e. The van der Waals surface area contributed by atoms with Crippen LogP contribution in [-0.4, -0.2) is 39.4 Å². The Morgan fingerprint density at radius 3 is 2.26 bits per heavy atom. The topological polar surface area (TPSA) is 90.9 Å². The second-order valence-electron chi connectivity index (χ2n) is 9.03. The molecule has 4 aromatic rings. The van der Waals surface area contributed by atoms with Crippen LogP contribution in [0.15, 0.2) is 54.7 Å². The average Bonchev–Trinajstić information content (AvgIpc) is 3.23. The van der Waals surface area contributed by atoms with E-state index >= 15 is 0 Å². The van der Waals surface area contributed by atoms with Crippen LogP contribution in [0.3, 0.4) is 0 Å². The van der Waals surface area contributed by atoms with Gasteiger partial charge >= 0.3 is 0 Å². The van der Waals surface area contributed by atoms with E-state index in [0.717, 1.165) is 71.4 Å². The van der Waals surface area contributed by atoms with E-state index in [1.54, 1.807) is 0 Å². The van der Waals surface area contributed by atoms with Gasteiger partial charge in [0, 0.05) is 31.4 Å². The van der Waals surface area contributed by atoms with E-state index in [-0.39, 0.29) is 0 Å². The lowest BCUT2D eigenvalue weighted by molar-refractivity contribution is 0.288. The maximum Gasteiger partial charge on any atom is 0.224 e. The molecule has 0 atom stereocenters. The van der Waals surface area contributed by atoms with Crippen LogP contribution >= 0.6 is 0 Å². The highest BCUT2D eigenvalue weighted by Gasteiger charge is 2.22. The molecule has 7 nitrogen and oxygen atoms in total. The van der Waals surface area contributed by atoms with Crippen molar-refractivity contribution in [2.24, 2.45) is 11.7 Å². The summed E-state index contributed by atoms with van der Waals surface area (Å²) in [6.07, 6.45) is 6.32. The largest absolute Gasteiger partial charge is 0.494 e. The molecule has 0 amide bonds. The molecule has 7 heteroatoms. The summed E-state index contributed by atoms with van der Waals surface area (Å²) in [5, 5.41) is 9.05. The molecule has 0 radical (unpaired) electrons. The Morgan fingerprint density at radius 2 is 1.62 bits per heavy atom. The van der Waals surface area contributed by atoms with Crippen molar-refractivity contribution >= 4 is 17.0 Å². The summed E-state index contributed by atoms with van der Waals surface area (Å²) in [5.74, 6) is 2.07. The summed E-state index contributed by atoms with van der Waals surface area (Å²) in [7, 11) is 1.84. The fraction of sp³-hybridized carbons (Fsp3) is 0.370. The highest BCUT2D eigenvalue weighted by atomic mass is 16.5. The van der Waals surface area contributed by atoms with Gasteiger partial charge in [0.2, 0.25) is 5.95 Å². The third-order valence-corrected chi connectivity index (χ3v) is 6.69. The third-order valence-electron chi connectivity index (χ3n) is 6.69. The molecule has 0 bridgehead atoms. The number of ether oxygens (including phenoxy) is 1. The van der Waals surface area contributed by atoms with Crippen molar-refractivity contribution in [1.29, 1.82) is 0 Å². The zero-order valence-electron chi connectivity index (χ0n) is 19.9. The first-order chi connectivity index (χ1) is 16.6. The normalized spacial score (nSPS) is 18.2. The molecule has 2 aromatic carbocycles. The Kier molecular flexibility index (Phi) is 6.45. The minimum atomic E-state index is 0.341. The number of nitrogens with zero attached hydrogens (tertiary/aromatic N) is 4. The molecule has 1 fully saturated rings. The number of hydrogen-bond donors (Lipinski definition) is 2. The quantitative estimate of drug-likeness (QED) is 0.401. The molecular weight excluding hydrogens is 424 g/mol. The van der Waals surface area contributed by atoms with Gasteiger partial charge < -0.3 is 15.8 Å². The predicted molar refractivity (Wildman–Crippen MR) is 137 cm³/mol. The Bertz CT molecular complexity index is 1240. The SMILES string of the molecule is CCOc1ccc(-c2ccc(-c3nn(CC4CCC(N)CC4)c4nc(NC)ncc34)cc2)cc1. The summed E-state index contributed by atoms with van der Waals surface area (Å²) >= 11 is 0. The highest BCUT2D eigenvalue weighted by molar-refractivity contribution is 5.91. The number of nitrogens with two attached hydrogens (primary N) is 1. The monoisotopic (exact) mass is 456 g/mol. The molecule has 2 heterocycles. The summed E-state index contributed by atoms with van der Waals surface area (Å²) < 4.78 is 7.62. The third kappa shape index (κ3) is 4.61. The van der Waals surface area contributed by atoms with Crippen LogP contribution in [0.25, 0.3) is 33.4 Å². The van der Waals surface area contributed by atoms with Crippen molar-refractivity contribution < 1.29 is 4.74 Å². The second kappa shape index (κ2) is 9.81. The Morgan fingerprint density at radius 1 is 0.971 bits per heavy atom. The fourth-order valence-corrected chi connectivity index (χ4v) is 4.77. The van der Waals surface area contributed by atoms with Crippen molar-refractivity contribution in [3.8, 4) is 28.1 Å². The lowest BCUT2D eigenvalue weighted by Crippen LogP contribution is -2.28. The lowest BCUT2D eigenvalue weighted by Gasteiger charge is -2.25. The molecule has 34 heavy (non-hydrogen) atoms. The number of benzene rings is 2. The second-order valence-corrected chi connectivity index (χ2v) is 9.03. The number of hydrogen-bond acceptors (Lipinski definition) is 6. The van der Waals surface area contributed by atoms with E-state index in [9.17, 15) is 0 Å². The number of nitrogens with one attached hydrogen (secondary N) is 1. The van der Waals surface area contributed by atoms with Gasteiger partial charge in [-0.3, -0.25) is 0 Å². The number of aromatic nitrogens is 4. The zero-order valence-corrected chi connectivity index (χ0v) is 19.9. The number of anilines is 1. The molecule has 0 saturated heterocycles. The molecule has 0 spiro atoms. The Balaban J connectivity index is 1.45. The van der Waals surface area contributed by atoms with Crippen LogP contribution in [0.4, 0.5) is 5.95 Å². The molecular formula is C27H32N6O. The summed E-state index contributed by atoms with van der Waals surface area (Å²) in [4.78, 5) is 9.22. The van der Waals surface area contributed by atoms with E-state index in [2.05, 4.69) is 51.4 Å². The molecule has 2 aromatic heterocycles. The van der Waals surface area contributed by atoms with Gasteiger partial charge in [-0.2, -0.15) is 10.1 Å². The van der Waals surface area contributed by atoms with Crippen molar-refractivity contribution in [1.82, 2.24) is 19.7 Å². The van der Waals surface area contributed by atoms with Crippen molar-refractivity contribution in [3.05, 3.63) is 54.7 Å². The maximum atomic E-state index is 6.12. The van der Waals surface area contributed by atoms with Gasteiger partial charge in [0.25, 0.3) is 0 Å². The zero-order chi connectivity index (χ0) is 23.5. The van der Waals surface area contributed by atoms with Crippen LogP contribution in [-0.2, 0) is 6.54 Å². The first-order valence-corrected chi connectivity index (χ1v) is 12.1. The minimum absolute atomic E-state index is 0.341. The van der Waals surface area contributed by atoms with Crippen molar-refractivity contribution in [3.63, 3.8) is 0 Å². The maximum absolute atomic E-state index is 6.12. The van der Waals surface area contributed by atoms with Crippen molar-refractivity contribution in [2.45, 2.75) is 45.2 Å². The highest BCUT2D eigenvalue weighted by Crippen LogP contribution is 2.32. The molecule has 1 saturated carbocycles. The van der Waals surface area contributed by atoms with Crippen molar-refractivity contribution in [2.75, 3.05) is 19.0 Å². The molecule has 3 N–H and O–H groups in total. The standard InChI is InChI=1S/C27H32N6O/c1-3-34-23-14-10-20(11-15-23)19-6-8-21(9-7-19)25-24-16-30-27(29-2)31-26(24)33(32-25)17-18-4-12-22(28)13-5-18/h6-11,14-16,18,22H,3-5,12-13,17,28H2,1-2H3,(H,29,30,31). The van der Waals surface area contributed by atoms with Crippen LogP contribution in [0.2, 0.25) is 0 Å². The molecule has 1 aliphatic carbocycles. The van der Waals surface area contributed by atoms with Crippen LogP contribution in [0.1, 0.15) is 32.6 Å². The van der Waals surface area contributed by atoms with Gasteiger partial charge in [-0.15, -0.1) is 0 Å².